The fraction of sp³-hybridized carbons (Fsp3) is 0.429. The highest BCUT2D eigenvalue weighted by atomic mass is 19.1. The molecule has 0 aromatic heterocycles. The molecule has 1 heterocycles. The molecule has 3 rings (SSSR count). The number of rotatable bonds is 9. The predicted octanol–water partition coefficient (Wildman–Crippen LogP) is 3.84. The van der Waals surface area contributed by atoms with Crippen molar-refractivity contribution in [1.82, 2.24) is 0 Å². The molecule has 2 aromatic rings. The second-order valence-corrected chi connectivity index (χ2v) is 6.43. The van der Waals surface area contributed by atoms with E-state index in [2.05, 4.69) is 0 Å². The van der Waals surface area contributed by atoms with Crippen LogP contribution in [0, 0.1) is 0 Å². The van der Waals surface area contributed by atoms with Gasteiger partial charge in [0, 0.05) is 7.11 Å². The van der Waals surface area contributed by atoms with E-state index in [1.54, 1.807) is 0 Å². The number of benzene rings is 2. The average Bonchev–Trinajstić information content (AvgIpc) is 3.03. The van der Waals surface area contributed by atoms with Crippen LogP contribution in [-0.2, 0) is 32.2 Å². The normalized spacial score (nSPS) is 26.2. The van der Waals surface area contributed by atoms with Crippen molar-refractivity contribution in [1.29, 1.82) is 0 Å². The van der Waals surface area contributed by atoms with E-state index in [4.69, 9.17) is 18.9 Å². The van der Waals surface area contributed by atoms with Gasteiger partial charge in [-0.2, -0.15) is 0 Å². The van der Waals surface area contributed by atoms with E-state index in [9.17, 15) is 8.78 Å². The van der Waals surface area contributed by atoms with E-state index in [-0.39, 0.29) is 13.2 Å². The fourth-order valence-corrected chi connectivity index (χ4v) is 3.04. The van der Waals surface area contributed by atoms with Gasteiger partial charge in [-0.1, -0.05) is 60.7 Å². The topological polar surface area (TPSA) is 36.9 Å². The molecular weight excluding hydrogens is 354 g/mol. The third-order valence-electron chi connectivity index (χ3n) is 4.49. The number of ether oxygens (including phenoxy) is 4. The lowest BCUT2D eigenvalue weighted by molar-refractivity contribution is -0.153. The van der Waals surface area contributed by atoms with Crippen LogP contribution < -0.4 is 0 Å². The Balaban J connectivity index is 1.57. The van der Waals surface area contributed by atoms with Crippen LogP contribution in [0.4, 0.5) is 8.78 Å². The van der Waals surface area contributed by atoms with Crippen molar-refractivity contribution in [3.05, 3.63) is 71.8 Å². The Morgan fingerprint density at radius 2 is 1.56 bits per heavy atom. The molecule has 0 aliphatic carbocycles. The molecule has 1 unspecified atom stereocenters. The van der Waals surface area contributed by atoms with Crippen molar-refractivity contribution < 1.29 is 27.7 Å². The van der Waals surface area contributed by atoms with Crippen molar-refractivity contribution in [3.63, 3.8) is 0 Å². The van der Waals surface area contributed by atoms with Gasteiger partial charge >= 0.3 is 0 Å². The number of alkyl halides is 2. The van der Waals surface area contributed by atoms with Crippen molar-refractivity contribution in [2.75, 3.05) is 13.7 Å². The summed E-state index contributed by atoms with van der Waals surface area (Å²) in [5.41, 5.74) is 1.85. The zero-order valence-corrected chi connectivity index (χ0v) is 15.2. The maximum Gasteiger partial charge on any atom is 0.227 e. The molecule has 5 atom stereocenters. The first-order valence-corrected chi connectivity index (χ1v) is 8.92. The summed E-state index contributed by atoms with van der Waals surface area (Å²) in [4.78, 5) is 0. The Morgan fingerprint density at radius 1 is 0.963 bits per heavy atom. The average molecular weight is 378 g/mol. The van der Waals surface area contributed by atoms with Gasteiger partial charge in [0.1, 0.15) is 18.3 Å². The Bertz CT molecular complexity index is 670. The summed E-state index contributed by atoms with van der Waals surface area (Å²) >= 11 is 0. The smallest absolute Gasteiger partial charge is 0.227 e. The minimum absolute atomic E-state index is 0.00813. The molecule has 146 valence electrons. The summed E-state index contributed by atoms with van der Waals surface area (Å²) < 4.78 is 50.5. The van der Waals surface area contributed by atoms with Crippen LogP contribution in [0.5, 0.6) is 0 Å². The van der Waals surface area contributed by atoms with E-state index in [1.807, 2.05) is 60.7 Å². The highest BCUT2D eigenvalue weighted by Crippen LogP contribution is 2.31. The third kappa shape index (κ3) is 5.32. The molecule has 1 aliphatic rings. The fourth-order valence-electron chi connectivity index (χ4n) is 3.04. The van der Waals surface area contributed by atoms with E-state index >= 15 is 0 Å². The molecule has 0 N–H and O–H groups in total. The Hall–Kier alpha value is -1.86. The summed E-state index contributed by atoms with van der Waals surface area (Å²) in [6.07, 6.45) is -6.40. The van der Waals surface area contributed by atoms with Crippen molar-refractivity contribution in [2.45, 2.75) is 44.1 Å². The van der Waals surface area contributed by atoms with E-state index in [0.717, 1.165) is 11.1 Å². The molecule has 27 heavy (non-hydrogen) atoms. The standard InChI is InChI=1S/C21H24F2O4/c1-24-21(23)20-19(26-13-16-10-6-3-7-11-16)18(22)17(27-20)14-25-12-15-8-4-2-5-9-15/h2-11,17-21H,12-14H2,1H3/t17-,18+,19+,20+,21?/m1/s1. The second kappa shape index (κ2) is 9.90. The molecule has 0 amide bonds. The van der Waals surface area contributed by atoms with Crippen LogP contribution in [0.25, 0.3) is 0 Å². The molecule has 1 fully saturated rings. The van der Waals surface area contributed by atoms with Gasteiger partial charge in [-0.15, -0.1) is 0 Å². The minimum atomic E-state index is -1.77. The molecule has 1 saturated heterocycles. The highest BCUT2D eigenvalue weighted by molar-refractivity contribution is 5.14. The second-order valence-electron chi connectivity index (χ2n) is 6.43. The SMILES string of the molecule is COC(F)[C@H]1O[C@H](COCc2ccccc2)[C@H](F)[C@@H]1OCc1ccccc1. The Labute approximate surface area is 158 Å². The minimum Gasteiger partial charge on any atom is -0.374 e. The summed E-state index contributed by atoms with van der Waals surface area (Å²) in [6.45, 7) is 0.505. The molecule has 6 heteroatoms. The molecule has 0 bridgehead atoms. The number of hydrogen-bond acceptors (Lipinski definition) is 4. The number of hydrogen-bond donors (Lipinski definition) is 0. The summed E-state index contributed by atoms with van der Waals surface area (Å²) in [6, 6.07) is 18.9. The van der Waals surface area contributed by atoms with Crippen LogP contribution in [0.3, 0.4) is 0 Å². The molecule has 1 aliphatic heterocycles. The molecule has 0 spiro atoms. The van der Waals surface area contributed by atoms with Crippen LogP contribution in [0.15, 0.2) is 60.7 Å². The van der Waals surface area contributed by atoms with Gasteiger partial charge in [-0.25, -0.2) is 8.78 Å². The maximum atomic E-state index is 14.9. The third-order valence-corrected chi connectivity index (χ3v) is 4.49. The Morgan fingerprint density at radius 3 is 2.15 bits per heavy atom. The first-order chi connectivity index (χ1) is 13.2. The van der Waals surface area contributed by atoms with Crippen molar-refractivity contribution >= 4 is 0 Å². The van der Waals surface area contributed by atoms with Crippen molar-refractivity contribution in [3.8, 4) is 0 Å². The lowest BCUT2D eigenvalue weighted by atomic mass is 10.1. The van der Waals surface area contributed by atoms with Gasteiger partial charge in [0.05, 0.1) is 19.8 Å². The zero-order valence-electron chi connectivity index (χ0n) is 15.2. The van der Waals surface area contributed by atoms with Gasteiger partial charge in [-0.05, 0) is 11.1 Å². The molecule has 0 radical (unpaired) electrons. The van der Waals surface area contributed by atoms with E-state index < -0.39 is 30.8 Å². The molecule has 4 nitrogen and oxygen atoms in total. The highest BCUT2D eigenvalue weighted by Gasteiger charge is 2.49. The summed E-state index contributed by atoms with van der Waals surface area (Å²) in [5.74, 6) is 0. The van der Waals surface area contributed by atoms with Crippen LogP contribution in [-0.4, -0.2) is 44.6 Å². The van der Waals surface area contributed by atoms with E-state index in [0.29, 0.717) is 6.61 Å². The van der Waals surface area contributed by atoms with Crippen LogP contribution in [0.1, 0.15) is 11.1 Å². The van der Waals surface area contributed by atoms with Crippen LogP contribution in [0.2, 0.25) is 0 Å². The monoisotopic (exact) mass is 378 g/mol. The summed E-state index contributed by atoms with van der Waals surface area (Å²) in [5, 5.41) is 0. The van der Waals surface area contributed by atoms with Gasteiger partial charge in [0.15, 0.2) is 6.17 Å². The lowest BCUT2D eigenvalue weighted by Gasteiger charge is -2.22. The summed E-state index contributed by atoms with van der Waals surface area (Å²) in [7, 11) is 1.22. The van der Waals surface area contributed by atoms with E-state index in [1.165, 1.54) is 7.11 Å². The predicted molar refractivity (Wildman–Crippen MR) is 96.6 cm³/mol. The molecule has 0 saturated carbocycles. The number of halogens is 2. The Kier molecular flexibility index (Phi) is 7.29. The van der Waals surface area contributed by atoms with Gasteiger partial charge in [0.25, 0.3) is 0 Å². The van der Waals surface area contributed by atoms with Gasteiger partial charge in [0.2, 0.25) is 6.36 Å². The van der Waals surface area contributed by atoms with Gasteiger partial charge < -0.3 is 18.9 Å². The maximum absolute atomic E-state index is 14.9. The first kappa shape index (κ1) is 19.9. The lowest BCUT2D eigenvalue weighted by Crippen LogP contribution is -2.38. The molecular formula is C21H24F2O4. The zero-order chi connectivity index (χ0) is 19.1. The first-order valence-electron chi connectivity index (χ1n) is 8.92. The molecule has 2 aromatic carbocycles. The van der Waals surface area contributed by atoms with Crippen molar-refractivity contribution in [2.24, 2.45) is 0 Å². The largest absolute Gasteiger partial charge is 0.374 e. The van der Waals surface area contributed by atoms with Crippen LogP contribution >= 0.6 is 0 Å². The number of methoxy groups -OCH3 is 1. The quantitative estimate of drug-likeness (QED) is 0.665. The van der Waals surface area contributed by atoms with Gasteiger partial charge in [-0.3, -0.25) is 0 Å².